The first-order chi connectivity index (χ1) is 8.61. The van der Waals surface area contributed by atoms with E-state index in [1.54, 1.807) is 0 Å². The minimum Gasteiger partial charge on any atom is -0.496 e. The quantitative estimate of drug-likeness (QED) is 0.790. The van der Waals surface area contributed by atoms with E-state index in [1.807, 2.05) is 0 Å². The SMILES string of the molecule is COc1ccccc1C(OC)(C(F)(F)F)C(F)(F)F. The first-order valence-electron chi connectivity index (χ1n) is 4.94. The maximum absolute atomic E-state index is 13.0. The van der Waals surface area contributed by atoms with Gasteiger partial charge in [0.15, 0.2) is 0 Å². The van der Waals surface area contributed by atoms with Crippen LogP contribution in [0.3, 0.4) is 0 Å². The summed E-state index contributed by atoms with van der Waals surface area (Å²) >= 11 is 0. The lowest BCUT2D eigenvalue weighted by atomic mass is 9.91. The Labute approximate surface area is 104 Å². The molecule has 1 aromatic carbocycles. The number of halogens is 6. The summed E-state index contributed by atoms with van der Waals surface area (Å²) in [6.07, 6.45) is -11.4. The molecule has 0 aliphatic rings. The predicted octanol–water partition coefficient (Wildman–Crippen LogP) is 3.66. The lowest BCUT2D eigenvalue weighted by Crippen LogP contribution is -2.55. The van der Waals surface area contributed by atoms with Crippen LogP contribution in [0.2, 0.25) is 0 Å². The molecule has 0 amide bonds. The van der Waals surface area contributed by atoms with Crippen LogP contribution in [0.1, 0.15) is 5.56 Å². The van der Waals surface area contributed by atoms with Gasteiger partial charge < -0.3 is 9.47 Å². The molecule has 0 aromatic heterocycles. The van der Waals surface area contributed by atoms with Crippen LogP contribution in [-0.2, 0) is 10.3 Å². The van der Waals surface area contributed by atoms with Crippen molar-refractivity contribution in [3.63, 3.8) is 0 Å². The van der Waals surface area contributed by atoms with Gasteiger partial charge in [0, 0.05) is 12.7 Å². The number of hydrogen-bond acceptors (Lipinski definition) is 2. The summed E-state index contributed by atoms with van der Waals surface area (Å²) in [4.78, 5) is 0. The van der Waals surface area contributed by atoms with Gasteiger partial charge in [-0.25, -0.2) is 0 Å². The molecule has 0 fully saturated rings. The van der Waals surface area contributed by atoms with Crippen molar-refractivity contribution in [2.24, 2.45) is 0 Å². The molecule has 0 saturated carbocycles. The number of ether oxygens (including phenoxy) is 2. The standard InChI is InChI=1S/C11H10F6O2/c1-18-8-6-4-3-5-7(8)9(19-2,10(12,13)14)11(15,16)17/h3-6H,1-2H3. The third kappa shape index (κ3) is 2.36. The van der Waals surface area contributed by atoms with Gasteiger partial charge in [0.05, 0.1) is 7.11 Å². The van der Waals surface area contributed by atoms with Crippen molar-refractivity contribution in [3.05, 3.63) is 29.8 Å². The first-order valence-corrected chi connectivity index (χ1v) is 4.94. The number of benzene rings is 1. The first kappa shape index (κ1) is 15.6. The van der Waals surface area contributed by atoms with E-state index in [4.69, 9.17) is 0 Å². The highest BCUT2D eigenvalue weighted by Crippen LogP contribution is 2.54. The van der Waals surface area contributed by atoms with Gasteiger partial charge in [-0.3, -0.25) is 0 Å². The van der Waals surface area contributed by atoms with Gasteiger partial charge in [-0.2, -0.15) is 26.3 Å². The molecule has 0 saturated heterocycles. The van der Waals surface area contributed by atoms with Crippen molar-refractivity contribution in [3.8, 4) is 5.75 Å². The average molecular weight is 288 g/mol. The number of hydrogen-bond donors (Lipinski definition) is 0. The minimum absolute atomic E-state index is 0.355. The van der Waals surface area contributed by atoms with E-state index in [-0.39, 0.29) is 0 Å². The molecule has 1 aromatic rings. The third-order valence-electron chi connectivity index (χ3n) is 2.59. The average Bonchev–Trinajstić information content (AvgIpc) is 2.27. The summed E-state index contributed by atoms with van der Waals surface area (Å²) in [5.74, 6) is -0.556. The molecular formula is C11H10F6O2. The van der Waals surface area contributed by atoms with Crippen molar-refractivity contribution in [1.29, 1.82) is 0 Å². The zero-order valence-electron chi connectivity index (χ0n) is 9.89. The highest BCUT2D eigenvalue weighted by atomic mass is 19.4. The number of methoxy groups -OCH3 is 2. The second-order valence-electron chi connectivity index (χ2n) is 3.58. The fourth-order valence-corrected chi connectivity index (χ4v) is 1.74. The van der Waals surface area contributed by atoms with Crippen molar-refractivity contribution in [1.82, 2.24) is 0 Å². The van der Waals surface area contributed by atoms with E-state index in [0.29, 0.717) is 13.2 Å². The van der Waals surface area contributed by atoms with Gasteiger partial charge >= 0.3 is 12.4 Å². The van der Waals surface area contributed by atoms with Crippen LogP contribution in [0.5, 0.6) is 5.75 Å². The smallest absolute Gasteiger partial charge is 0.431 e. The summed E-state index contributed by atoms with van der Waals surface area (Å²) in [5.41, 5.74) is -5.56. The molecule has 0 N–H and O–H groups in total. The van der Waals surface area contributed by atoms with Gasteiger partial charge in [0.25, 0.3) is 5.60 Å². The van der Waals surface area contributed by atoms with E-state index in [1.165, 1.54) is 6.07 Å². The molecule has 0 aliphatic heterocycles. The summed E-state index contributed by atoms with van der Waals surface area (Å²) in [6, 6.07) is 3.97. The van der Waals surface area contributed by atoms with E-state index in [9.17, 15) is 26.3 Å². The van der Waals surface area contributed by atoms with Crippen molar-refractivity contribution in [2.45, 2.75) is 18.0 Å². The number of alkyl halides is 6. The second-order valence-corrected chi connectivity index (χ2v) is 3.58. The fraction of sp³-hybridized carbons (Fsp3) is 0.455. The zero-order valence-corrected chi connectivity index (χ0v) is 9.89. The molecule has 2 nitrogen and oxygen atoms in total. The Morgan fingerprint density at radius 2 is 1.32 bits per heavy atom. The van der Waals surface area contributed by atoms with Gasteiger partial charge in [-0.1, -0.05) is 18.2 Å². The molecule has 0 bridgehead atoms. The molecule has 0 unspecified atom stereocenters. The lowest BCUT2D eigenvalue weighted by molar-refractivity contribution is -0.383. The molecule has 19 heavy (non-hydrogen) atoms. The van der Waals surface area contributed by atoms with E-state index in [0.717, 1.165) is 19.2 Å². The Kier molecular flexibility index (Phi) is 4.04. The van der Waals surface area contributed by atoms with Crippen LogP contribution in [-0.4, -0.2) is 26.6 Å². The molecule has 0 atom stereocenters. The van der Waals surface area contributed by atoms with E-state index >= 15 is 0 Å². The minimum atomic E-state index is -5.69. The monoisotopic (exact) mass is 288 g/mol. The maximum Gasteiger partial charge on any atom is 0.431 e. The normalized spacial score (nSPS) is 13.5. The van der Waals surface area contributed by atoms with Gasteiger partial charge in [-0.05, 0) is 6.07 Å². The van der Waals surface area contributed by atoms with Gasteiger partial charge in [0.1, 0.15) is 5.75 Å². The number of rotatable bonds is 3. The Morgan fingerprint density at radius 1 is 0.842 bits per heavy atom. The molecule has 8 heteroatoms. The fourth-order valence-electron chi connectivity index (χ4n) is 1.74. The largest absolute Gasteiger partial charge is 0.496 e. The van der Waals surface area contributed by atoms with Crippen LogP contribution in [0, 0.1) is 0 Å². The molecule has 1 rings (SSSR count). The molecule has 0 radical (unpaired) electrons. The third-order valence-corrected chi connectivity index (χ3v) is 2.59. The summed E-state index contributed by atoms with van der Waals surface area (Å²) in [7, 11) is 1.33. The van der Waals surface area contributed by atoms with Crippen LogP contribution in [0.4, 0.5) is 26.3 Å². The van der Waals surface area contributed by atoms with Crippen molar-refractivity contribution < 1.29 is 35.8 Å². The number of para-hydroxylation sites is 1. The lowest BCUT2D eigenvalue weighted by Gasteiger charge is -2.36. The van der Waals surface area contributed by atoms with Crippen LogP contribution >= 0.6 is 0 Å². The second kappa shape index (κ2) is 4.92. The summed E-state index contributed by atoms with van der Waals surface area (Å²) in [5, 5.41) is 0. The molecule has 0 spiro atoms. The highest BCUT2D eigenvalue weighted by molar-refractivity contribution is 5.40. The van der Waals surface area contributed by atoms with Gasteiger partial charge in [-0.15, -0.1) is 0 Å². The van der Waals surface area contributed by atoms with Crippen molar-refractivity contribution >= 4 is 0 Å². The Hall–Kier alpha value is -1.44. The Balaban J connectivity index is 3.66. The summed E-state index contributed by atoms with van der Waals surface area (Å²) in [6.45, 7) is 0. The molecule has 0 heterocycles. The maximum atomic E-state index is 13.0. The summed E-state index contributed by atoms with van der Waals surface area (Å²) < 4.78 is 86.3. The van der Waals surface area contributed by atoms with E-state index in [2.05, 4.69) is 9.47 Å². The van der Waals surface area contributed by atoms with Gasteiger partial charge in [0.2, 0.25) is 0 Å². The Bertz CT molecular complexity index is 424. The van der Waals surface area contributed by atoms with E-state index < -0.39 is 29.3 Å². The molecular weight excluding hydrogens is 278 g/mol. The zero-order chi connectivity index (χ0) is 14.9. The highest BCUT2D eigenvalue weighted by Gasteiger charge is 2.73. The Morgan fingerprint density at radius 3 is 1.68 bits per heavy atom. The van der Waals surface area contributed by atoms with Crippen LogP contribution in [0.25, 0.3) is 0 Å². The van der Waals surface area contributed by atoms with Crippen molar-refractivity contribution in [2.75, 3.05) is 14.2 Å². The topological polar surface area (TPSA) is 18.5 Å². The molecule has 0 aliphatic carbocycles. The predicted molar refractivity (Wildman–Crippen MR) is 53.8 cm³/mol. The van der Waals surface area contributed by atoms with Crippen LogP contribution < -0.4 is 4.74 Å². The van der Waals surface area contributed by atoms with Crippen LogP contribution in [0.15, 0.2) is 24.3 Å². The molecule has 108 valence electrons.